The number of hydrogen-bond donors (Lipinski definition) is 0. The van der Waals surface area contributed by atoms with E-state index in [0.717, 1.165) is 49.5 Å². The van der Waals surface area contributed by atoms with E-state index < -0.39 is 34.7 Å². The Morgan fingerprint density at radius 1 is 1.13 bits per heavy atom. The molecular formula is C19H24F5N3O2S. The smallest absolute Gasteiger partial charge is 0.300 e. The topological polar surface area (TPSA) is 55.2 Å². The number of alkyl halides is 5. The third-order valence-corrected chi connectivity index (χ3v) is 9.71. The standard InChI is InChI=1S/C19H24F5N3O2S/c20-16(21)8-27-14(7-15(25-27)19(22,23)24)17-12-5-11(6-13(12)17)26-3-1-18(2-4-26)9-30(28,29)10-18/h7,11-13,16-17H,1-6,8-10H2/t11-,12-,13+,17+. The second-order valence-electron chi connectivity index (χ2n) is 9.57. The van der Waals surface area contributed by atoms with Gasteiger partial charge in [0.1, 0.15) is 6.54 Å². The number of piperidine rings is 1. The van der Waals surface area contributed by atoms with E-state index in [4.69, 9.17) is 0 Å². The van der Waals surface area contributed by atoms with E-state index in [1.807, 2.05) is 0 Å². The number of sulfone groups is 1. The van der Waals surface area contributed by atoms with Crippen molar-refractivity contribution in [3.05, 3.63) is 17.5 Å². The van der Waals surface area contributed by atoms with Crippen molar-refractivity contribution < 1.29 is 30.4 Å². The summed E-state index contributed by atoms with van der Waals surface area (Å²) >= 11 is 0. The molecule has 2 aliphatic heterocycles. The summed E-state index contributed by atoms with van der Waals surface area (Å²) in [4.78, 5) is 2.39. The Kier molecular flexibility index (Phi) is 4.57. The predicted molar refractivity (Wildman–Crippen MR) is 97.9 cm³/mol. The average molecular weight is 453 g/mol. The van der Waals surface area contributed by atoms with Crippen molar-refractivity contribution in [2.75, 3.05) is 24.6 Å². The maximum absolute atomic E-state index is 13.0. The number of hydrogen-bond acceptors (Lipinski definition) is 4. The molecule has 0 aromatic carbocycles. The molecule has 5 rings (SSSR count). The lowest BCUT2D eigenvalue weighted by atomic mass is 9.80. The predicted octanol–water partition coefficient (Wildman–Crippen LogP) is 3.17. The minimum absolute atomic E-state index is 0.0465. The van der Waals surface area contributed by atoms with Crippen LogP contribution < -0.4 is 0 Å². The maximum Gasteiger partial charge on any atom is 0.435 e. The van der Waals surface area contributed by atoms with Gasteiger partial charge in [-0.25, -0.2) is 17.2 Å². The van der Waals surface area contributed by atoms with Crippen LogP contribution in [0.1, 0.15) is 43.0 Å². The third-order valence-electron chi connectivity index (χ3n) is 7.60. The zero-order valence-corrected chi connectivity index (χ0v) is 17.1. The molecule has 2 saturated carbocycles. The van der Waals surface area contributed by atoms with Gasteiger partial charge in [-0.15, -0.1) is 0 Å². The lowest BCUT2D eigenvalue weighted by molar-refractivity contribution is -0.141. The van der Waals surface area contributed by atoms with Gasteiger partial charge in [0.2, 0.25) is 0 Å². The van der Waals surface area contributed by atoms with Gasteiger partial charge in [0.25, 0.3) is 6.43 Å². The summed E-state index contributed by atoms with van der Waals surface area (Å²) in [7, 11) is -2.85. The fourth-order valence-electron chi connectivity index (χ4n) is 6.21. The van der Waals surface area contributed by atoms with Gasteiger partial charge in [0.15, 0.2) is 15.5 Å². The molecule has 11 heteroatoms. The molecule has 0 radical (unpaired) electrons. The molecule has 0 unspecified atom stereocenters. The second kappa shape index (κ2) is 6.63. The highest BCUT2D eigenvalue weighted by Gasteiger charge is 2.60. The van der Waals surface area contributed by atoms with Gasteiger partial charge in [0.05, 0.1) is 11.5 Å². The van der Waals surface area contributed by atoms with Gasteiger partial charge in [0, 0.05) is 23.1 Å². The van der Waals surface area contributed by atoms with Crippen LogP contribution in [-0.4, -0.2) is 60.2 Å². The van der Waals surface area contributed by atoms with Crippen molar-refractivity contribution in [2.45, 2.75) is 56.8 Å². The van der Waals surface area contributed by atoms with Gasteiger partial charge in [-0.05, 0) is 56.7 Å². The summed E-state index contributed by atoms with van der Waals surface area (Å²) in [6, 6.07) is 1.29. The fourth-order valence-corrected chi connectivity index (χ4v) is 8.57. The van der Waals surface area contributed by atoms with Gasteiger partial charge in [-0.1, -0.05) is 0 Å². The summed E-state index contributed by atoms with van der Waals surface area (Å²) < 4.78 is 88.7. The molecule has 0 bridgehead atoms. The van der Waals surface area contributed by atoms with Gasteiger partial charge in [-0.2, -0.15) is 18.3 Å². The molecule has 4 atom stereocenters. The first-order valence-corrected chi connectivity index (χ1v) is 12.2. The lowest BCUT2D eigenvalue weighted by Gasteiger charge is -2.48. The van der Waals surface area contributed by atoms with E-state index in [1.165, 1.54) is 0 Å². The average Bonchev–Trinajstić information content (AvgIpc) is 2.94. The first-order valence-electron chi connectivity index (χ1n) is 10.3. The van der Waals surface area contributed by atoms with Crippen LogP contribution in [0.5, 0.6) is 0 Å². The van der Waals surface area contributed by atoms with Crippen LogP contribution in [0.15, 0.2) is 6.07 Å². The van der Waals surface area contributed by atoms with Crippen LogP contribution >= 0.6 is 0 Å². The molecule has 30 heavy (non-hydrogen) atoms. The van der Waals surface area contributed by atoms with Gasteiger partial charge >= 0.3 is 6.18 Å². The largest absolute Gasteiger partial charge is 0.435 e. The van der Waals surface area contributed by atoms with E-state index >= 15 is 0 Å². The normalized spacial score (nSPS) is 34.9. The van der Waals surface area contributed by atoms with Crippen molar-refractivity contribution in [3.63, 3.8) is 0 Å². The van der Waals surface area contributed by atoms with Crippen molar-refractivity contribution in [1.82, 2.24) is 14.7 Å². The van der Waals surface area contributed by atoms with Gasteiger partial charge in [-0.3, -0.25) is 4.68 Å². The Hall–Kier alpha value is -1.23. The molecule has 4 aliphatic rings. The van der Waals surface area contributed by atoms with E-state index in [1.54, 1.807) is 0 Å². The molecule has 5 nitrogen and oxygen atoms in total. The summed E-state index contributed by atoms with van der Waals surface area (Å²) in [5.41, 5.74) is -0.861. The SMILES string of the molecule is O=S1(=O)CC2(CCN([C@@H]3C[C@@H]4[C@H](C3)[C@H]4c3cc(C(F)(F)F)nn3CC(F)F)CC2)C1. The zero-order chi connectivity index (χ0) is 21.5. The Morgan fingerprint density at radius 2 is 1.73 bits per heavy atom. The Morgan fingerprint density at radius 3 is 2.23 bits per heavy atom. The number of nitrogens with zero attached hydrogens (tertiary/aromatic N) is 3. The van der Waals surface area contributed by atoms with E-state index in [-0.39, 0.29) is 28.9 Å². The monoisotopic (exact) mass is 453 g/mol. The Labute approximate surface area is 171 Å². The molecule has 1 aromatic heterocycles. The fraction of sp³-hybridized carbons (Fsp3) is 0.842. The second-order valence-corrected chi connectivity index (χ2v) is 11.6. The zero-order valence-electron chi connectivity index (χ0n) is 16.3. The van der Waals surface area contributed by atoms with Gasteiger partial charge < -0.3 is 4.90 Å². The van der Waals surface area contributed by atoms with Crippen LogP contribution in [-0.2, 0) is 22.6 Å². The molecule has 2 aliphatic carbocycles. The molecule has 1 spiro atoms. The maximum atomic E-state index is 13.0. The molecule has 168 valence electrons. The van der Waals surface area contributed by atoms with E-state index in [2.05, 4.69) is 10.00 Å². The molecule has 0 N–H and O–H groups in total. The van der Waals surface area contributed by atoms with Crippen LogP contribution in [0.4, 0.5) is 22.0 Å². The third kappa shape index (κ3) is 3.55. The number of rotatable bonds is 4. The van der Waals surface area contributed by atoms with Crippen LogP contribution in [0.2, 0.25) is 0 Å². The van der Waals surface area contributed by atoms with Crippen LogP contribution in [0.3, 0.4) is 0 Å². The number of likely N-dealkylation sites (tertiary alicyclic amines) is 1. The molecule has 0 amide bonds. The molecule has 2 saturated heterocycles. The van der Waals surface area contributed by atoms with Crippen LogP contribution in [0.25, 0.3) is 0 Å². The summed E-state index contributed by atoms with van der Waals surface area (Å²) in [6.07, 6.45) is -3.96. The van der Waals surface area contributed by atoms with E-state index in [9.17, 15) is 30.4 Å². The minimum atomic E-state index is -4.65. The number of aromatic nitrogens is 2. The summed E-state index contributed by atoms with van der Waals surface area (Å²) in [5, 5.41) is 3.41. The first kappa shape index (κ1) is 20.7. The highest BCUT2D eigenvalue weighted by Crippen LogP contribution is 2.64. The molecule has 1 aromatic rings. The lowest BCUT2D eigenvalue weighted by Crippen LogP contribution is -2.55. The summed E-state index contributed by atoms with van der Waals surface area (Å²) in [6.45, 7) is 0.888. The van der Waals surface area contributed by atoms with Crippen molar-refractivity contribution in [3.8, 4) is 0 Å². The molecular weight excluding hydrogens is 429 g/mol. The highest BCUT2D eigenvalue weighted by molar-refractivity contribution is 7.92. The first-order chi connectivity index (χ1) is 14.0. The van der Waals surface area contributed by atoms with Crippen molar-refractivity contribution >= 4 is 9.84 Å². The molecule has 3 heterocycles. The Balaban J connectivity index is 1.22. The van der Waals surface area contributed by atoms with Crippen molar-refractivity contribution in [2.24, 2.45) is 17.3 Å². The summed E-state index contributed by atoms with van der Waals surface area (Å²) in [5.74, 6) is 0.882. The Bertz CT molecular complexity index is 910. The number of fused-ring (bicyclic) bond motifs is 1. The van der Waals surface area contributed by atoms with Crippen molar-refractivity contribution in [1.29, 1.82) is 0 Å². The van der Waals surface area contributed by atoms with E-state index in [0.29, 0.717) is 17.5 Å². The highest BCUT2D eigenvalue weighted by atomic mass is 32.2. The minimum Gasteiger partial charge on any atom is -0.300 e. The quantitative estimate of drug-likeness (QED) is 0.658. The molecule has 4 fully saturated rings. The van der Waals surface area contributed by atoms with Crippen LogP contribution in [0, 0.1) is 17.3 Å². The number of halogens is 5.